The molecule has 0 fully saturated rings. The highest BCUT2D eigenvalue weighted by atomic mass is 28.3. The molecule has 5 nitrogen and oxygen atoms in total. The van der Waals surface area contributed by atoms with Crippen LogP contribution in [0.2, 0.25) is 25.7 Å². The summed E-state index contributed by atoms with van der Waals surface area (Å²) in [4.78, 5) is 23.0. The van der Waals surface area contributed by atoms with Crippen molar-refractivity contribution >= 4 is 20.0 Å². The molecule has 0 aliphatic rings. The molecule has 0 saturated carbocycles. The van der Waals surface area contributed by atoms with Gasteiger partial charge in [0.1, 0.15) is 6.04 Å². The summed E-state index contributed by atoms with van der Waals surface area (Å²) in [7, 11) is -1.21. The van der Waals surface area contributed by atoms with Gasteiger partial charge in [-0.05, 0) is 13.0 Å². The van der Waals surface area contributed by atoms with E-state index in [1.54, 1.807) is 13.8 Å². The van der Waals surface area contributed by atoms with E-state index >= 15 is 0 Å². The van der Waals surface area contributed by atoms with Gasteiger partial charge < -0.3 is 15.2 Å². The molecule has 0 aromatic rings. The number of rotatable bonds is 7. The van der Waals surface area contributed by atoms with Gasteiger partial charge in [0.15, 0.2) is 0 Å². The summed E-state index contributed by atoms with van der Waals surface area (Å²) in [5, 5.41) is 11.3. The number of hydrogen-bond acceptors (Lipinski definition) is 4. The zero-order chi connectivity index (χ0) is 14.3. The smallest absolute Gasteiger partial charge is 0.328 e. The molecule has 106 valence electrons. The molecule has 0 aliphatic carbocycles. The van der Waals surface area contributed by atoms with E-state index in [1.165, 1.54) is 0 Å². The lowest BCUT2D eigenvalue weighted by Crippen LogP contribution is -2.43. The first-order chi connectivity index (χ1) is 8.17. The van der Waals surface area contributed by atoms with E-state index in [9.17, 15) is 9.59 Å². The Hall–Kier alpha value is -0.883. The van der Waals surface area contributed by atoms with Gasteiger partial charge in [0.2, 0.25) is 5.91 Å². The highest BCUT2D eigenvalue weighted by Crippen LogP contribution is 2.08. The van der Waals surface area contributed by atoms with Crippen molar-refractivity contribution in [3.8, 4) is 0 Å². The van der Waals surface area contributed by atoms with E-state index in [4.69, 9.17) is 9.84 Å². The van der Waals surface area contributed by atoms with Gasteiger partial charge in [-0.3, -0.25) is 4.79 Å². The Morgan fingerprint density at radius 3 is 2.28 bits per heavy atom. The van der Waals surface area contributed by atoms with Crippen molar-refractivity contribution in [3.05, 3.63) is 0 Å². The number of aliphatic hydroxyl groups is 1. The first-order valence-electron chi connectivity index (χ1n) is 6.25. The summed E-state index contributed by atoms with van der Waals surface area (Å²) in [6.07, 6.45) is 0. The van der Waals surface area contributed by atoms with Crippen molar-refractivity contribution < 1.29 is 19.4 Å². The fourth-order valence-corrected chi connectivity index (χ4v) is 1.79. The largest absolute Gasteiger partial charge is 0.464 e. The third-order valence-electron chi connectivity index (χ3n) is 2.53. The van der Waals surface area contributed by atoms with Gasteiger partial charge >= 0.3 is 5.97 Å². The van der Waals surface area contributed by atoms with Crippen LogP contribution in [-0.4, -0.2) is 44.3 Å². The number of nitrogens with one attached hydrogen (secondary N) is 1. The molecule has 6 heteroatoms. The third kappa shape index (κ3) is 7.44. The molecule has 2 atom stereocenters. The number of carbonyl (C=O) groups is 2. The second-order valence-electron chi connectivity index (χ2n) is 5.79. The van der Waals surface area contributed by atoms with Crippen LogP contribution in [0.4, 0.5) is 0 Å². The molecular formula is C12H25NO4Si. The minimum absolute atomic E-state index is 0.233. The van der Waals surface area contributed by atoms with Gasteiger partial charge in [-0.1, -0.05) is 26.6 Å². The van der Waals surface area contributed by atoms with E-state index < -0.39 is 26.0 Å². The lowest BCUT2D eigenvalue weighted by Gasteiger charge is -2.18. The summed E-state index contributed by atoms with van der Waals surface area (Å²) >= 11 is 0. The van der Waals surface area contributed by atoms with Crippen molar-refractivity contribution in [3.63, 3.8) is 0 Å². The summed E-state index contributed by atoms with van der Waals surface area (Å²) < 4.78 is 5.11. The van der Waals surface area contributed by atoms with E-state index in [0.717, 1.165) is 6.04 Å². The quantitative estimate of drug-likeness (QED) is 0.537. The van der Waals surface area contributed by atoms with Crippen LogP contribution in [-0.2, 0) is 14.3 Å². The predicted molar refractivity (Wildman–Crippen MR) is 73.0 cm³/mol. The third-order valence-corrected chi connectivity index (χ3v) is 4.23. The summed E-state index contributed by atoms with van der Waals surface area (Å²) in [5.41, 5.74) is 0. The average Bonchev–Trinajstić information content (AvgIpc) is 2.25. The zero-order valence-corrected chi connectivity index (χ0v) is 12.9. The minimum Gasteiger partial charge on any atom is -0.464 e. The average molecular weight is 275 g/mol. The fraction of sp³-hybridized carbons (Fsp3) is 0.833. The van der Waals surface area contributed by atoms with Crippen molar-refractivity contribution in [2.45, 2.75) is 45.6 Å². The summed E-state index contributed by atoms with van der Waals surface area (Å²) in [6, 6.07) is 0.236. The van der Waals surface area contributed by atoms with Crippen LogP contribution in [0.1, 0.15) is 13.8 Å². The van der Waals surface area contributed by atoms with E-state index in [2.05, 4.69) is 25.0 Å². The van der Waals surface area contributed by atoms with E-state index in [1.807, 2.05) is 0 Å². The number of carbonyl (C=O) groups excluding carboxylic acids is 2. The van der Waals surface area contributed by atoms with Gasteiger partial charge in [-0.15, -0.1) is 0 Å². The van der Waals surface area contributed by atoms with E-state index in [0.29, 0.717) is 6.61 Å². The minimum atomic E-state index is -1.21. The number of amides is 1. The Balaban J connectivity index is 4.01. The van der Waals surface area contributed by atoms with Crippen LogP contribution in [0.25, 0.3) is 0 Å². The Morgan fingerprint density at radius 2 is 1.83 bits per heavy atom. The van der Waals surface area contributed by atoms with Crippen molar-refractivity contribution in [2.75, 3.05) is 13.2 Å². The zero-order valence-electron chi connectivity index (χ0n) is 11.9. The molecule has 18 heavy (non-hydrogen) atoms. The monoisotopic (exact) mass is 275 g/mol. The van der Waals surface area contributed by atoms with Crippen LogP contribution < -0.4 is 5.32 Å². The predicted octanol–water partition coefficient (Wildman–Crippen LogP) is 1.00. The number of hydrogen-bond donors (Lipinski definition) is 2. The highest BCUT2D eigenvalue weighted by molar-refractivity contribution is 6.76. The van der Waals surface area contributed by atoms with Crippen molar-refractivity contribution in [1.29, 1.82) is 0 Å². The molecule has 0 spiro atoms. The molecule has 0 rings (SSSR count). The standard InChI is InChI=1S/C12H25NO4Si/c1-9(8-14)11(15)13-10(2)12(16)17-6-7-18(3,4)5/h9-10,14H,6-8H2,1-5H3,(H,13,15)/t9-,10-/m1/s1. The van der Waals surface area contributed by atoms with Crippen LogP contribution >= 0.6 is 0 Å². The molecule has 1 amide bonds. The molecule has 0 aromatic heterocycles. The van der Waals surface area contributed by atoms with Gasteiger partial charge in [-0.2, -0.15) is 0 Å². The molecule has 0 aliphatic heterocycles. The lowest BCUT2D eigenvalue weighted by atomic mass is 10.1. The summed E-state index contributed by atoms with van der Waals surface area (Å²) in [5.74, 6) is -1.28. The van der Waals surface area contributed by atoms with Gasteiger partial charge in [0.05, 0.1) is 19.1 Å². The number of ether oxygens (including phenoxy) is 1. The molecule has 0 aromatic carbocycles. The molecular weight excluding hydrogens is 250 g/mol. The molecule has 0 bridgehead atoms. The second kappa shape index (κ2) is 7.53. The SMILES string of the molecule is C[C@H](CO)C(=O)N[C@H](C)C(=O)OCC[Si](C)(C)C. The van der Waals surface area contributed by atoms with Gasteiger partial charge in [0.25, 0.3) is 0 Å². The normalized spacial score (nSPS) is 14.8. The number of aliphatic hydroxyl groups excluding tert-OH is 1. The molecule has 0 unspecified atom stereocenters. The molecule has 2 N–H and O–H groups in total. The Labute approximate surface area is 110 Å². The van der Waals surface area contributed by atoms with E-state index in [-0.39, 0.29) is 12.5 Å². The van der Waals surface area contributed by atoms with Crippen LogP contribution in [0, 0.1) is 5.92 Å². The number of esters is 1. The lowest BCUT2D eigenvalue weighted by molar-refractivity contribution is -0.147. The fourth-order valence-electron chi connectivity index (χ4n) is 1.08. The van der Waals surface area contributed by atoms with Gasteiger partial charge in [-0.25, -0.2) is 4.79 Å². The van der Waals surface area contributed by atoms with Crippen molar-refractivity contribution in [1.82, 2.24) is 5.32 Å². The summed E-state index contributed by atoms with van der Waals surface area (Å²) in [6.45, 7) is 9.96. The Kier molecular flexibility index (Phi) is 7.16. The maximum absolute atomic E-state index is 11.6. The maximum Gasteiger partial charge on any atom is 0.328 e. The van der Waals surface area contributed by atoms with Crippen LogP contribution in [0.3, 0.4) is 0 Å². The maximum atomic E-state index is 11.6. The first-order valence-corrected chi connectivity index (χ1v) is 9.96. The van der Waals surface area contributed by atoms with Crippen LogP contribution in [0.5, 0.6) is 0 Å². The van der Waals surface area contributed by atoms with Gasteiger partial charge in [0, 0.05) is 8.07 Å². The second-order valence-corrected chi connectivity index (χ2v) is 11.4. The molecule has 0 heterocycles. The Bertz CT molecular complexity index is 288. The van der Waals surface area contributed by atoms with Crippen molar-refractivity contribution in [2.24, 2.45) is 5.92 Å². The molecule has 0 radical (unpaired) electrons. The molecule has 0 saturated heterocycles. The Morgan fingerprint density at radius 1 is 1.28 bits per heavy atom. The highest BCUT2D eigenvalue weighted by Gasteiger charge is 2.21. The topological polar surface area (TPSA) is 75.6 Å². The van der Waals surface area contributed by atoms with Crippen LogP contribution in [0.15, 0.2) is 0 Å². The first kappa shape index (κ1) is 17.1.